The van der Waals surface area contributed by atoms with Crippen molar-refractivity contribution in [1.29, 1.82) is 0 Å². The van der Waals surface area contributed by atoms with Gasteiger partial charge in [-0.05, 0) is 43.8 Å². The van der Waals surface area contributed by atoms with Crippen LogP contribution in [0.25, 0.3) is 0 Å². The maximum atomic E-state index is 12.9. The molecule has 0 heterocycles. The standard InChI is InChI=1S/C21H34N2O4/c1-6-22(7-2)13-8-14-23(16-17(3)21(25)27-5)20(24)15-18-9-11-19(26-4)12-10-18/h9-12,17H,6-8,13-16H2,1-5H3. The van der Waals surface area contributed by atoms with Crippen molar-refractivity contribution in [2.45, 2.75) is 33.6 Å². The van der Waals surface area contributed by atoms with Crippen LogP contribution in [0, 0.1) is 5.92 Å². The highest BCUT2D eigenvalue weighted by molar-refractivity contribution is 5.80. The lowest BCUT2D eigenvalue weighted by Gasteiger charge is -2.27. The first-order valence-corrected chi connectivity index (χ1v) is 9.65. The van der Waals surface area contributed by atoms with Gasteiger partial charge in [0.2, 0.25) is 5.91 Å². The van der Waals surface area contributed by atoms with Crippen LogP contribution in [0.1, 0.15) is 32.8 Å². The molecule has 0 fully saturated rings. The van der Waals surface area contributed by atoms with Crippen molar-refractivity contribution in [2.24, 2.45) is 5.92 Å². The van der Waals surface area contributed by atoms with Gasteiger partial charge in [0.05, 0.1) is 26.6 Å². The van der Waals surface area contributed by atoms with Crippen LogP contribution in [0.3, 0.4) is 0 Å². The SMILES string of the molecule is CCN(CC)CCCN(CC(C)C(=O)OC)C(=O)Cc1ccc(OC)cc1. The number of ether oxygens (including phenoxy) is 2. The molecule has 1 aromatic rings. The van der Waals surface area contributed by atoms with Gasteiger partial charge in [-0.1, -0.05) is 32.9 Å². The van der Waals surface area contributed by atoms with Crippen LogP contribution < -0.4 is 4.74 Å². The molecule has 6 heteroatoms. The fraction of sp³-hybridized carbons (Fsp3) is 0.619. The molecule has 0 aliphatic rings. The summed E-state index contributed by atoms with van der Waals surface area (Å²) in [6.07, 6.45) is 1.19. The monoisotopic (exact) mass is 378 g/mol. The highest BCUT2D eigenvalue weighted by Crippen LogP contribution is 2.13. The molecule has 0 aromatic heterocycles. The summed E-state index contributed by atoms with van der Waals surface area (Å²) in [5, 5.41) is 0. The molecule has 0 aliphatic carbocycles. The van der Waals surface area contributed by atoms with Crippen LogP contribution >= 0.6 is 0 Å². The van der Waals surface area contributed by atoms with Crippen LogP contribution in [-0.4, -0.2) is 68.6 Å². The molecule has 27 heavy (non-hydrogen) atoms. The molecule has 0 spiro atoms. The minimum atomic E-state index is -0.344. The van der Waals surface area contributed by atoms with Gasteiger partial charge in [0.25, 0.3) is 0 Å². The Labute approximate surface area is 163 Å². The summed E-state index contributed by atoms with van der Waals surface area (Å²) in [5.74, 6) is 0.154. The molecule has 0 radical (unpaired) electrons. The fourth-order valence-corrected chi connectivity index (χ4v) is 2.98. The van der Waals surface area contributed by atoms with Gasteiger partial charge < -0.3 is 19.3 Å². The third kappa shape index (κ3) is 7.99. The van der Waals surface area contributed by atoms with E-state index in [2.05, 4.69) is 18.7 Å². The van der Waals surface area contributed by atoms with E-state index in [1.54, 1.807) is 18.9 Å². The lowest BCUT2D eigenvalue weighted by molar-refractivity contribution is -0.146. The molecule has 1 aromatic carbocycles. The third-order valence-corrected chi connectivity index (χ3v) is 4.76. The molecule has 1 amide bonds. The molecule has 6 nitrogen and oxygen atoms in total. The number of methoxy groups -OCH3 is 2. The van der Waals surface area contributed by atoms with Crippen LogP contribution in [0.15, 0.2) is 24.3 Å². The lowest BCUT2D eigenvalue weighted by atomic mass is 10.1. The van der Waals surface area contributed by atoms with Gasteiger partial charge >= 0.3 is 5.97 Å². The zero-order valence-electron chi connectivity index (χ0n) is 17.4. The van der Waals surface area contributed by atoms with Crippen molar-refractivity contribution in [3.05, 3.63) is 29.8 Å². The van der Waals surface area contributed by atoms with Crippen LogP contribution in [-0.2, 0) is 20.7 Å². The zero-order valence-corrected chi connectivity index (χ0v) is 17.4. The van der Waals surface area contributed by atoms with Gasteiger partial charge in [-0.2, -0.15) is 0 Å². The first-order chi connectivity index (χ1) is 12.9. The predicted octanol–water partition coefficient (Wildman–Crippen LogP) is 2.61. The van der Waals surface area contributed by atoms with E-state index in [4.69, 9.17) is 9.47 Å². The van der Waals surface area contributed by atoms with Gasteiger partial charge in [0, 0.05) is 13.1 Å². The molecular weight excluding hydrogens is 344 g/mol. The van der Waals surface area contributed by atoms with Crippen molar-refractivity contribution in [2.75, 3.05) is 46.9 Å². The Kier molecular flexibility index (Phi) is 10.5. The van der Waals surface area contributed by atoms with E-state index in [-0.39, 0.29) is 17.8 Å². The fourth-order valence-electron chi connectivity index (χ4n) is 2.98. The summed E-state index contributed by atoms with van der Waals surface area (Å²) in [6, 6.07) is 7.50. The van der Waals surface area contributed by atoms with E-state index >= 15 is 0 Å². The molecule has 1 rings (SSSR count). The van der Waals surface area contributed by atoms with Crippen LogP contribution in [0.5, 0.6) is 5.75 Å². The normalized spacial score (nSPS) is 11.9. The highest BCUT2D eigenvalue weighted by atomic mass is 16.5. The van der Waals surface area contributed by atoms with Gasteiger partial charge in [0.15, 0.2) is 0 Å². The molecule has 0 bridgehead atoms. The van der Waals surface area contributed by atoms with Crippen LogP contribution in [0.4, 0.5) is 0 Å². The van der Waals surface area contributed by atoms with E-state index in [9.17, 15) is 9.59 Å². The number of carbonyl (C=O) groups is 2. The minimum absolute atomic E-state index is 0.0236. The molecule has 0 saturated heterocycles. The second kappa shape index (κ2) is 12.3. The van der Waals surface area contributed by atoms with Gasteiger partial charge in [-0.25, -0.2) is 0 Å². The molecule has 1 unspecified atom stereocenters. The Morgan fingerprint density at radius 1 is 1.04 bits per heavy atom. The van der Waals surface area contributed by atoms with Gasteiger partial charge in [-0.3, -0.25) is 9.59 Å². The van der Waals surface area contributed by atoms with E-state index in [0.29, 0.717) is 19.5 Å². The molecule has 0 N–H and O–H groups in total. The summed E-state index contributed by atoms with van der Waals surface area (Å²) in [7, 11) is 2.99. The number of amides is 1. The van der Waals surface area contributed by atoms with Crippen molar-refractivity contribution in [3.8, 4) is 5.75 Å². The first kappa shape index (κ1) is 23.0. The average molecular weight is 379 g/mol. The highest BCUT2D eigenvalue weighted by Gasteiger charge is 2.21. The van der Waals surface area contributed by atoms with Crippen molar-refractivity contribution >= 4 is 11.9 Å². The number of benzene rings is 1. The minimum Gasteiger partial charge on any atom is -0.497 e. The molecule has 0 aliphatic heterocycles. The topological polar surface area (TPSA) is 59.1 Å². The lowest BCUT2D eigenvalue weighted by Crippen LogP contribution is -2.40. The molecule has 1 atom stereocenters. The van der Waals surface area contributed by atoms with E-state index in [1.807, 2.05) is 24.3 Å². The zero-order chi connectivity index (χ0) is 20.2. The van der Waals surface area contributed by atoms with Gasteiger partial charge in [-0.15, -0.1) is 0 Å². The first-order valence-electron chi connectivity index (χ1n) is 9.65. The number of hydrogen-bond acceptors (Lipinski definition) is 5. The maximum absolute atomic E-state index is 12.9. The Bertz CT molecular complexity index is 570. The number of carbonyl (C=O) groups excluding carboxylic acids is 2. The summed E-state index contributed by atoms with van der Waals surface area (Å²) in [4.78, 5) is 28.8. The van der Waals surface area contributed by atoms with Crippen molar-refractivity contribution in [3.63, 3.8) is 0 Å². The van der Waals surface area contributed by atoms with Crippen molar-refractivity contribution < 1.29 is 19.1 Å². The second-order valence-electron chi connectivity index (χ2n) is 6.67. The molecule has 152 valence electrons. The predicted molar refractivity (Wildman–Crippen MR) is 107 cm³/mol. The largest absolute Gasteiger partial charge is 0.497 e. The maximum Gasteiger partial charge on any atom is 0.310 e. The smallest absolute Gasteiger partial charge is 0.310 e. The van der Waals surface area contributed by atoms with E-state index < -0.39 is 0 Å². The average Bonchev–Trinajstić information content (AvgIpc) is 2.69. The van der Waals surface area contributed by atoms with Crippen molar-refractivity contribution in [1.82, 2.24) is 9.80 Å². The van der Waals surface area contributed by atoms with E-state index in [1.165, 1.54) is 7.11 Å². The summed E-state index contributed by atoms with van der Waals surface area (Å²) < 4.78 is 9.97. The molecule has 0 saturated carbocycles. The van der Waals surface area contributed by atoms with E-state index in [0.717, 1.165) is 37.4 Å². The number of rotatable bonds is 12. The number of esters is 1. The van der Waals surface area contributed by atoms with Crippen LogP contribution in [0.2, 0.25) is 0 Å². The summed E-state index contributed by atoms with van der Waals surface area (Å²) >= 11 is 0. The Hall–Kier alpha value is -2.08. The number of nitrogens with zero attached hydrogens (tertiary/aromatic N) is 2. The summed E-state index contributed by atoms with van der Waals surface area (Å²) in [6.45, 7) is 10.00. The Morgan fingerprint density at radius 3 is 2.19 bits per heavy atom. The molecular formula is C21H34N2O4. The Balaban J connectivity index is 2.74. The number of hydrogen-bond donors (Lipinski definition) is 0. The Morgan fingerprint density at radius 2 is 1.67 bits per heavy atom. The summed E-state index contributed by atoms with van der Waals surface area (Å²) in [5.41, 5.74) is 0.931. The second-order valence-corrected chi connectivity index (χ2v) is 6.67. The van der Waals surface area contributed by atoms with Gasteiger partial charge in [0.1, 0.15) is 5.75 Å². The quantitative estimate of drug-likeness (QED) is 0.523. The third-order valence-electron chi connectivity index (χ3n) is 4.76.